The number of pyridine rings is 1. The van der Waals surface area contributed by atoms with Crippen molar-refractivity contribution in [2.24, 2.45) is 0 Å². The number of aryl methyl sites for hydroxylation is 1. The molecule has 0 saturated heterocycles. The summed E-state index contributed by atoms with van der Waals surface area (Å²) in [5.41, 5.74) is 10.0. The Morgan fingerprint density at radius 1 is 1.17 bits per heavy atom. The fourth-order valence-corrected chi connectivity index (χ4v) is 3.15. The van der Waals surface area contributed by atoms with E-state index in [-0.39, 0.29) is 5.91 Å². The van der Waals surface area contributed by atoms with E-state index in [9.17, 15) is 4.79 Å². The van der Waals surface area contributed by atoms with Gasteiger partial charge >= 0.3 is 0 Å². The number of imidazole rings is 1. The Morgan fingerprint density at radius 3 is 2.83 bits per heavy atom. The summed E-state index contributed by atoms with van der Waals surface area (Å²) in [5, 5.41) is 0. The maximum absolute atomic E-state index is 12.5. The first-order valence-electron chi connectivity index (χ1n) is 9.28. The molecule has 0 saturated carbocycles. The largest absolute Gasteiger partial charge is 0.382 e. The molecule has 29 heavy (non-hydrogen) atoms. The molecule has 4 aromatic rings. The standard InChI is InChI=1S/C21H21N7O/c1-28(12-15-5-3-9-23-11-15)17(29)8-7-14-4-2-6-16(10-14)20-26-18-19(22)24-13-25-21(18)27-20/h2-6,9-11,13H,7-8,12H2,1H3,(H3,22,24,25,26,27). The number of aromatic amines is 1. The van der Waals surface area contributed by atoms with Crippen molar-refractivity contribution in [1.29, 1.82) is 0 Å². The molecule has 146 valence electrons. The Bertz CT molecular complexity index is 1140. The molecular formula is C21H21N7O. The molecule has 0 atom stereocenters. The normalized spacial score (nSPS) is 10.9. The summed E-state index contributed by atoms with van der Waals surface area (Å²) in [4.78, 5) is 34.1. The second-order valence-corrected chi connectivity index (χ2v) is 6.85. The van der Waals surface area contributed by atoms with Crippen LogP contribution < -0.4 is 5.73 Å². The molecule has 0 spiro atoms. The van der Waals surface area contributed by atoms with E-state index in [1.807, 2.05) is 43.4 Å². The number of anilines is 1. The molecule has 4 rings (SSSR count). The van der Waals surface area contributed by atoms with Crippen LogP contribution in [0.1, 0.15) is 17.5 Å². The average molecular weight is 387 g/mol. The summed E-state index contributed by atoms with van der Waals surface area (Å²) in [6, 6.07) is 11.8. The predicted octanol–water partition coefficient (Wildman–Crippen LogP) is 2.59. The number of aromatic nitrogens is 5. The lowest BCUT2D eigenvalue weighted by Gasteiger charge is -2.17. The lowest BCUT2D eigenvalue weighted by molar-refractivity contribution is -0.130. The van der Waals surface area contributed by atoms with Crippen molar-refractivity contribution >= 4 is 22.9 Å². The van der Waals surface area contributed by atoms with E-state index in [0.717, 1.165) is 16.7 Å². The summed E-state index contributed by atoms with van der Waals surface area (Å²) in [6.45, 7) is 0.550. The molecule has 0 aliphatic rings. The van der Waals surface area contributed by atoms with Crippen molar-refractivity contribution in [2.75, 3.05) is 12.8 Å². The molecule has 0 unspecified atom stereocenters. The molecule has 0 bridgehead atoms. The highest BCUT2D eigenvalue weighted by atomic mass is 16.2. The quantitative estimate of drug-likeness (QED) is 0.526. The predicted molar refractivity (Wildman–Crippen MR) is 111 cm³/mol. The number of nitrogen functional groups attached to an aromatic ring is 1. The Morgan fingerprint density at radius 2 is 2.03 bits per heavy atom. The monoisotopic (exact) mass is 387 g/mol. The van der Waals surface area contributed by atoms with Gasteiger partial charge in [0.25, 0.3) is 0 Å². The van der Waals surface area contributed by atoms with Crippen molar-refractivity contribution in [3.05, 3.63) is 66.2 Å². The van der Waals surface area contributed by atoms with Gasteiger partial charge in [0.2, 0.25) is 5.91 Å². The molecule has 8 nitrogen and oxygen atoms in total. The molecule has 3 aromatic heterocycles. The van der Waals surface area contributed by atoms with Crippen LogP contribution in [0, 0.1) is 0 Å². The van der Waals surface area contributed by atoms with Gasteiger partial charge in [-0.25, -0.2) is 15.0 Å². The zero-order chi connectivity index (χ0) is 20.2. The smallest absolute Gasteiger partial charge is 0.222 e. The molecule has 0 aliphatic heterocycles. The highest BCUT2D eigenvalue weighted by molar-refractivity contribution is 5.84. The third-order valence-corrected chi connectivity index (χ3v) is 4.71. The number of benzene rings is 1. The van der Waals surface area contributed by atoms with Crippen LogP contribution in [-0.4, -0.2) is 42.8 Å². The summed E-state index contributed by atoms with van der Waals surface area (Å²) in [7, 11) is 1.81. The molecule has 0 aliphatic carbocycles. The number of carbonyl (C=O) groups excluding carboxylic acids is 1. The number of nitrogens with one attached hydrogen (secondary N) is 1. The maximum atomic E-state index is 12.5. The minimum absolute atomic E-state index is 0.0889. The van der Waals surface area contributed by atoms with Crippen LogP contribution in [-0.2, 0) is 17.8 Å². The Balaban J connectivity index is 1.43. The van der Waals surface area contributed by atoms with Crippen molar-refractivity contribution in [2.45, 2.75) is 19.4 Å². The van der Waals surface area contributed by atoms with Crippen molar-refractivity contribution in [1.82, 2.24) is 29.8 Å². The first kappa shape index (κ1) is 18.5. The van der Waals surface area contributed by atoms with Crippen LogP contribution in [0.25, 0.3) is 22.6 Å². The van der Waals surface area contributed by atoms with Crippen LogP contribution in [0.5, 0.6) is 0 Å². The van der Waals surface area contributed by atoms with Gasteiger partial charge in [-0.15, -0.1) is 0 Å². The van der Waals surface area contributed by atoms with Gasteiger partial charge in [0.1, 0.15) is 17.7 Å². The van der Waals surface area contributed by atoms with Crippen LogP contribution >= 0.6 is 0 Å². The van der Waals surface area contributed by atoms with Gasteiger partial charge in [-0.1, -0.05) is 24.3 Å². The van der Waals surface area contributed by atoms with E-state index in [0.29, 0.717) is 42.2 Å². The molecule has 0 radical (unpaired) electrons. The molecule has 0 fully saturated rings. The van der Waals surface area contributed by atoms with Gasteiger partial charge < -0.3 is 15.6 Å². The van der Waals surface area contributed by atoms with Crippen LogP contribution in [0.2, 0.25) is 0 Å². The summed E-state index contributed by atoms with van der Waals surface area (Å²) in [6.07, 6.45) is 5.97. The van der Waals surface area contributed by atoms with E-state index in [4.69, 9.17) is 5.73 Å². The fourth-order valence-electron chi connectivity index (χ4n) is 3.15. The van der Waals surface area contributed by atoms with E-state index in [2.05, 4.69) is 24.9 Å². The van der Waals surface area contributed by atoms with Gasteiger partial charge in [0.15, 0.2) is 11.5 Å². The summed E-state index contributed by atoms with van der Waals surface area (Å²) < 4.78 is 0. The summed E-state index contributed by atoms with van der Waals surface area (Å²) >= 11 is 0. The number of fused-ring (bicyclic) bond motifs is 1. The molecule has 3 heterocycles. The van der Waals surface area contributed by atoms with E-state index < -0.39 is 0 Å². The number of carbonyl (C=O) groups is 1. The number of hydrogen-bond donors (Lipinski definition) is 2. The zero-order valence-corrected chi connectivity index (χ0v) is 16.0. The highest BCUT2D eigenvalue weighted by Crippen LogP contribution is 2.22. The van der Waals surface area contributed by atoms with E-state index in [1.54, 1.807) is 17.3 Å². The Hall–Kier alpha value is -3.81. The number of nitrogens with two attached hydrogens (primary N) is 1. The van der Waals surface area contributed by atoms with Gasteiger partial charge in [0, 0.05) is 38.0 Å². The Labute approximate surface area is 167 Å². The minimum Gasteiger partial charge on any atom is -0.382 e. The summed E-state index contributed by atoms with van der Waals surface area (Å²) in [5.74, 6) is 1.13. The van der Waals surface area contributed by atoms with E-state index >= 15 is 0 Å². The van der Waals surface area contributed by atoms with E-state index in [1.165, 1.54) is 6.33 Å². The van der Waals surface area contributed by atoms with Gasteiger partial charge in [-0.05, 0) is 29.7 Å². The topological polar surface area (TPSA) is 114 Å². The second kappa shape index (κ2) is 8.05. The average Bonchev–Trinajstić information content (AvgIpc) is 3.19. The number of amides is 1. The second-order valence-electron chi connectivity index (χ2n) is 6.85. The zero-order valence-electron chi connectivity index (χ0n) is 16.0. The van der Waals surface area contributed by atoms with Crippen molar-refractivity contribution < 1.29 is 4.79 Å². The molecule has 3 N–H and O–H groups in total. The highest BCUT2D eigenvalue weighted by Gasteiger charge is 2.12. The maximum Gasteiger partial charge on any atom is 0.222 e. The fraction of sp³-hybridized carbons (Fsp3) is 0.190. The number of nitrogens with zero attached hydrogens (tertiary/aromatic N) is 5. The van der Waals surface area contributed by atoms with Crippen LogP contribution in [0.4, 0.5) is 5.82 Å². The lowest BCUT2D eigenvalue weighted by atomic mass is 10.1. The molecule has 1 amide bonds. The van der Waals surface area contributed by atoms with Crippen molar-refractivity contribution in [3.63, 3.8) is 0 Å². The molecule has 8 heteroatoms. The number of hydrogen-bond acceptors (Lipinski definition) is 6. The third kappa shape index (κ3) is 4.21. The van der Waals surface area contributed by atoms with Crippen LogP contribution in [0.3, 0.4) is 0 Å². The molecule has 1 aromatic carbocycles. The first-order chi connectivity index (χ1) is 14.1. The minimum atomic E-state index is 0.0889. The van der Waals surface area contributed by atoms with Crippen LogP contribution in [0.15, 0.2) is 55.1 Å². The van der Waals surface area contributed by atoms with Gasteiger partial charge in [-0.2, -0.15) is 0 Å². The number of H-pyrrole nitrogens is 1. The number of rotatable bonds is 6. The molecular weight excluding hydrogens is 366 g/mol. The van der Waals surface area contributed by atoms with Gasteiger partial charge in [-0.3, -0.25) is 9.78 Å². The third-order valence-electron chi connectivity index (χ3n) is 4.71. The van der Waals surface area contributed by atoms with Gasteiger partial charge in [0.05, 0.1) is 0 Å². The van der Waals surface area contributed by atoms with Crippen molar-refractivity contribution in [3.8, 4) is 11.4 Å². The Kier molecular flexibility index (Phi) is 5.15. The SMILES string of the molecule is CN(Cc1cccnc1)C(=O)CCc1cccc(-c2nc3ncnc(N)c3[nH]2)c1. The lowest BCUT2D eigenvalue weighted by Crippen LogP contribution is -2.26. The first-order valence-corrected chi connectivity index (χ1v) is 9.28.